The number of fused-ring (bicyclic) bond motifs is 3. The summed E-state index contributed by atoms with van der Waals surface area (Å²) in [6.07, 6.45) is 4.76. The van der Waals surface area contributed by atoms with E-state index in [1.165, 1.54) is 41.4 Å². The maximum atomic E-state index is 3.68. The Morgan fingerprint density at radius 1 is 1.32 bits per heavy atom. The van der Waals surface area contributed by atoms with E-state index in [0.717, 1.165) is 6.42 Å². The molecule has 1 aromatic heterocycles. The highest BCUT2D eigenvalue weighted by molar-refractivity contribution is 5.87. The van der Waals surface area contributed by atoms with Crippen LogP contribution in [0.3, 0.4) is 0 Å². The molecule has 0 amide bonds. The number of H-pyrrole nitrogens is 1. The van der Waals surface area contributed by atoms with E-state index < -0.39 is 0 Å². The average molecular weight is 279 g/mol. The van der Waals surface area contributed by atoms with Gasteiger partial charge in [0.1, 0.15) is 0 Å². The molecule has 19 heavy (non-hydrogen) atoms. The predicted octanol–water partition coefficient (Wildman–Crippen LogP) is 3.57. The monoisotopic (exact) mass is 278 g/mol. The molecule has 0 bridgehead atoms. The molecule has 1 aromatic carbocycles. The maximum absolute atomic E-state index is 3.68. The van der Waals surface area contributed by atoms with Gasteiger partial charge in [-0.05, 0) is 50.9 Å². The van der Waals surface area contributed by atoms with E-state index in [1.54, 1.807) is 5.56 Å². The summed E-state index contributed by atoms with van der Waals surface area (Å²) in [7, 11) is 4.39. The quantitative estimate of drug-likeness (QED) is 0.890. The third kappa shape index (κ3) is 2.39. The van der Waals surface area contributed by atoms with Crippen molar-refractivity contribution in [2.75, 3.05) is 14.1 Å². The fourth-order valence-electron chi connectivity index (χ4n) is 3.22. The van der Waals surface area contributed by atoms with Gasteiger partial charge in [-0.25, -0.2) is 0 Å². The highest BCUT2D eigenvalue weighted by atomic mass is 35.5. The fourth-order valence-corrected chi connectivity index (χ4v) is 3.22. The Balaban J connectivity index is 0.00000133. The van der Waals surface area contributed by atoms with Gasteiger partial charge < -0.3 is 9.88 Å². The van der Waals surface area contributed by atoms with Crippen LogP contribution in [-0.2, 0) is 19.3 Å². The van der Waals surface area contributed by atoms with Gasteiger partial charge in [-0.2, -0.15) is 0 Å². The molecule has 1 atom stereocenters. The molecule has 3 rings (SSSR count). The molecule has 0 saturated carbocycles. The first kappa shape index (κ1) is 14.4. The standard InChI is InChI=1S/C16H22N2.ClH/c1-4-11-6-5-7-13-14-10-12(18(2)3)8-9-15(14)17-16(11)13;/h5-7,12,17H,4,8-10H2,1-3H3;1H. The second kappa shape index (κ2) is 5.56. The van der Waals surface area contributed by atoms with Crippen molar-refractivity contribution in [2.45, 2.75) is 38.6 Å². The van der Waals surface area contributed by atoms with Crippen molar-refractivity contribution in [3.05, 3.63) is 35.0 Å². The number of halogens is 1. The Kier molecular flexibility index (Phi) is 4.22. The van der Waals surface area contributed by atoms with E-state index >= 15 is 0 Å². The van der Waals surface area contributed by atoms with Crippen LogP contribution >= 0.6 is 12.4 Å². The number of aromatic amines is 1. The van der Waals surface area contributed by atoms with Crippen LogP contribution in [0, 0.1) is 0 Å². The van der Waals surface area contributed by atoms with Crippen molar-refractivity contribution < 1.29 is 0 Å². The highest BCUT2D eigenvalue weighted by Crippen LogP contribution is 2.32. The van der Waals surface area contributed by atoms with E-state index in [4.69, 9.17) is 0 Å². The lowest BCUT2D eigenvalue weighted by Crippen LogP contribution is -2.33. The number of para-hydroxylation sites is 1. The molecular weight excluding hydrogens is 256 g/mol. The lowest BCUT2D eigenvalue weighted by atomic mass is 9.90. The summed E-state index contributed by atoms with van der Waals surface area (Å²) in [6, 6.07) is 7.42. The third-order valence-electron chi connectivity index (χ3n) is 4.39. The summed E-state index contributed by atoms with van der Waals surface area (Å²) in [5, 5.41) is 1.45. The molecule has 3 heteroatoms. The van der Waals surface area contributed by atoms with Gasteiger partial charge in [0.15, 0.2) is 0 Å². The fraction of sp³-hybridized carbons (Fsp3) is 0.500. The Morgan fingerprint density at radius 3 is 2.79 bits per heavy atom. The van der Waals surface area contributed by atoms with E-state index in [9.17, 15) is 0 Å². The largest absolute Gasteiger partial charge is 0.358 e. The maximum Gasteiger partial charge on any atom is 0.0491 e. The minimum absolute atomic E-state index is 0. The lowest BCUT2D eigenvalue weighted by molar-refractivity contribution is 0.268. The lowest BCUT2D eigenvalue weighted by Gasteiger charge is -2.28. The van der Waals surface area contributed by atoms with Crippen molar-refractivity contribution in [1.82, 2.24) is 9.88 Å². The van der Waals surface area contributed by atoms with Gasteiger partial charge in [-0.3, -0.25) is 0 Å². The van der Waals surface area contributed by atoms with Crippen molar-refractivity contribution in [2.24, 2.45) is 0 Å². The van der Waals surface area contributed by atoms with Crippen LogP contribution in [0.5, 0.6) is 0 Å². The zero-order chi connectivity index (χ0) is 12.7. The van der Waals surface area contributed by atoms with Crippen molar-refractivity contribution in [1.29, 1.82) is 0 Å². The zero-order valence-electron chi connectivity index (χ0n) is 12.0. The molecule has 1 heterocycles. The van der Waals surface area contributed by atoms with Crippen molar-refractivity contribution in [3.63, 3.8) is 0 Å². The van der Waals surface area contributed by atoms with Crippen LogP contribution in [0.1, 0.15) is 30.2 Å². The second-order valence-corrected chi connectivity index (χ2v) is 5.64. The Labute approximate surface area is 121 Å². The Morgan fingerprint density at radius 2 is 2.11 bits per heavy atom. The SMILES string of the molecule is CCc1cccc2c3c([nH]c12)CCC(N(C)C)C3.Cl. The number of likely N-dealkylation sites (N-methyl/N-ethyl adjacent to an activating group) is 1. The molecule has 0 radical (unpaired) electrons. The summed E-state index contributed by atoms with van der Waals surface area (Å²) in [6.45, 7) is 2.23. The number of rotatable bonds is 2. The molecule has 2 nitrogen and oxygen atoms in total. The number of benzene rings is 1. The molecule has 1 N–H and O–H groups in total. The van der Waals surface area contributed by atoms with Gasteiger partial charge in [0, 0.05) is 22.6 Å². The minimum atomic E-state index is 0. The summed E-state index contributed by atoms with van der Waals surface area (Å²) in [4.78, 5) is 6.04. The average Bonchev–Trinajstić information content (AvgIpc) is 2.76. The molecule has 0 fully saturated rings. The third-order valence-corrected chi connectivity index (χ3v) is 4.39. The first-order chi connectivity index (χ1) is 8.70. The molecule has 1 aliphatic rings. The first-order valence-electron chi connectivity index (χ1n) is 6.98. The van der Waals surface area contributed by atoms with Gasteiger partial charge in [0.25, 0.3) is 0 Å². The number of nitrogens with zero attached hydrogens (tertiary/aromatic N) is 1. The summed E-state index contributed by atoms with van der Waals surface area (Å²) >= 11 is 0. The number of aryl methyl sites for hydroxylation is 2. The van der Waals surface area contributed by atoms with Gasteiger partial charge in [0.05, 0.1) is 0 Å². The van der Waals surface area contributed by atoms with Gasteiger partial charge in [-0.1, -0.05) is 25.1 Å². The van der Waals surface area contributed by atoms with Crippen LogP contribution in [0.4, 0.5) is 0 Å². The second-order valence-electron chi connectivity index (χ2n) is 5.64. The topological polar surface area (TPSA) is 19.0 Å². The number of hydrogen-bond donors (Lipinski definition) is 1. The molecule has 0 aliphatic heterocycles. The molecule has 104 valence electrons. The van der Waals surface area contributed by atoms with Crippen LogP contribution in [0.2, 0.25) is 0 Å². The highest BCUT2D eigenvalue weighted by Gasteiger charge is 2.23. The number of aromatic nitrogens is 1. The van der Waals surface area contributed by atoms with Crippen molar-refractivity contribution >= 4 is 23.3 Å². The summed E-state index contributed by atoms with van der Waals surface area (Å²) in [5.41, 5.74) is 5.86. The van der Waals surface area contributed by atoms with E-state index in [2.05, 4.69) is 49.1 Å². The molecule has 0 saturated heterocycles. The van der Waals surface area contributed by atoms with Crippen LogP contribution in [0.15, 0.2) is 18.2 Å². The normalized spacial score (nSPS) is 18.4. The molecule has 2 aromatic rings. The summed E-state index contributed by atoms with van der Waals surface area (Å²) in [5.74, 6) is 0. The van der Waals surface area contributed by atoms with Gasteiger partial charge in [0.2, 0.25) is 0 Å². The smallest absolute Gasteiger partial charge is 0.0491 e. The van der Waals surface area contributed by atoms with Gasteiger partial charge in [-0.15, -0.1) is 12.4 Å². The molecule has 0 spiro atoms. The molecule has 1 aliphatic carbocycles. The summed E-state index contributed by atoms with van der Waals surface area (Å²) < 4.78 is 0. The van der Waals surface area contributed by atoms with Crippen LogP contribution < -0.4 is 0 Å². The molecule has 1 unspecified atom stereocenters. The first-order valence-corrected chi connectivity index (χ1v) is 6.98. The zero-order valence-corrected chi connectivity index (χ0v) is 12.8. The minimum Gasteiger partial charge on any atom is -0.358 e. The van der Waals surface area contributed by atoms with Gasteiger partial charge >= 0.3 is 0 Å². The molecular formula is C16H23ClN2. The van der Waals surface area contributed by atoms with E-state index in [1.807, 2.05) is 0 Å². The number of hydrogen-bond acceptors (Lipinski definition) is 1. The van der Waals surface area contributed by atoms with Crippen LogP contribution in [0.25, 0.3) is 10.9 Å². The van der Waals surface area contributed by atoms with Crippen molar-refractivity contribution in [3.8, 4) is 0 Å². The van der Waals surface area contributed by atoms with Crippen LogP contribution in [-0.4, -0.2) is 30.0 Å². The van der Waals surface area contributed by atoms with E-state index in [0.29, 0.717) is 6.04 Å². The van der Waals surface area contributed by atoms with E-state index in [-0.39, 0.29) is 12.4 Å². The number of nitrogens with one attached hydrogen (secondary N) is 1. The Hall–Kier alpha value is -0.990. The predicted molar refractivity (Wildman–Crippen MR) is 84.4 cm³/mol. The Bertz CT molecular complexity index is 571.